The Morgan fingerprint density at radius 1 is 1.29 bits per heavy atom. The van der Waals surface area contributed by atoms with Gasteiger partial charge in [0.25, 0.3) is 0 Å². The van der Waals surface area contributed by atoms with Crippen molar-refractivity contribution in [2.45, 2.75) is 25.7 Å². The van der Waals surface area contributed by atoms with Crippen molar-refractivity contribution in [2.24, 2.45) is 5.41 Å². The lowest BCUT2D eigenvalue weighted by Gasteiger charge is -2.38. The van der Waals surface area contributed by atoms with Gasteiger partial charge in [0.2, 0.25) is 0 Å². The van der Waals surface area contributed by atoms with Crippen LogP contribution in [0.15, 0.2) is 45.3 Å². The summed E-state index contributed by atoms with van der Waals surface area (Å²) in [6.07, 6.45) is 4.05. The number of rotatable bonds is 3. The number of benzene rings is 1. The van der Waals surface area contributed by atoms with Crippen molar-refractivity contribution in [2.75, 3.05) is 24.2 Å². The first-order valence-electron chi connectivity index (χ1n) is 7.97. The molecule has 0 atom stereocenters. The number of hydrogen-bond acceptors (Lipinski definition) is 5. The van der Waals surface area contributed by atoms with E-state index >= 15 is 0 Å². The number of aromatic nitrogens is 1. The third kappa shape index (κ3) is 3.41. The number of carbonyl (C=O) groups excluding carboxylic acids is 1. The first-order chi connectivity index (χ1) is 11.4. The number of aryl methyl sites for hydroxylation is 1. The van der Waals surface area contributed by atoms with Crippen LogP contribution in [0.1, 0.15) is 25.2 Å². The summed E-state index contributed by atoms with van der Waals surface area (Å²) in [5.41, 5.74) is 1.41. The zero-order valence-electron chi connectivity index (χ0n) is 14.5. The van der Waals surface area contributed by atoms with E-state index in [1.807, 2.05) is 32.9 Å². The molecule has 0 bridgehead atoms. The second kappa shape index (κ2) is 6.48. The van der Waals surface area contributed by atoms with E-state index in [1.54, 1.807) is 11.8 Å². The highest BCUT2D eigenvalue weighted by atomic mass is 32.2. The monoisotopic (exact) mass is 342 g/mol. The molecule has 1 aliphatic rings. The largest absolute Gasteiger partial charge is 0.360 e. The molecule has 0 N–H and O–H groups in total. The van der Waals surface area contributed by atoms with Crippen molar-refractivity contribution >= 4 is 29.4 Å². The molecule has 3 rings (SSSR count). The van der Waals surface area contributed by atoms with Crippen LogP contribution in [0.25, 0.3) is 6.08 Å². The van der Waals surface area contributed by atoms with Gasteiger partial charge in [-0.15, -0.1) is 11.8 Å². The minimum absolute atomic E-state index is 0.202. The molecule has 0 aliphatic carbocycles. The Morgan fingerprint density at radius 3 is 2.58 bits per heavy atom. The van der Waals surface area contributed by atoms with E-state index in [-0.39, 0.29) is 5.78 Å². The van der Waals surface area contributed by atoms with Crippen molar-refractivity contribution in [3.8, 4) is 0 Å². The van der Waals surface area contributed by atoms with Gasteiger partial charge < -0.3 is 9.42 Å². The molecule has 2 aromatic rings. The predicted molar refractivity (Wildman–Crippen MR) is 98.4 cm³/mol. The lowest BCUT2D eigenvalue weighted by Crippen LogP contribution is -2.47. The minimum atomic E-state index is -0.448. The van der Waals surface area contributed by atoms with E-state index < -0.39 is 5.41 Å². The Balaban J connectivity index is 1.92. The molecule has 1 saturated heterocycles. The molecule has 0 unspecified atom stereocenters. The fraction of sp³-hybridized carbons (Fsp3) is 0.368. The van der Waals surface area contributed by atoms with Gasteiger partial charge in [0.1, 0.15) is 5.76 Å². The van der Waals surface area contributed by atoms with Crippen LogP contribution >= 0.6 is 11.8 Å². The zero-order valence-corrected chi connectivity index (χ0v) is 15.3. The first-order valence-corrected chi connectivity index (χ1v) is 9.19. The van der Waals surface area contributed by atoms with Gasteiger partial charge >= 0.3 is 0 Å². The van der Waals surface area contributed by atoms with Crippen LogP contribution in [0.5, 0.6) is 0 Å². The molecule has 1 aliphatic heterocycles. The van der Waals surface area contributed by atoms with Crippen LogP contribution < -0.4 is 4.90 Å². The van der Waals surface area contributed by atoms with E-state index in [9.17, 15) is 4.79 Å². The molecule has 24 heavy (non-hydrogen) atoms. The van der Waals surface area contributed by atoms with Gasteiger partial charge in [0.15, 0.2) is 11.6 Å². The van der Waals surface area contributed by atoms with Gasteiger partial charge in [-0.05, 0) is 37.0 Å². The average Bonchev–Trinajstić information content (AvgIpc) is 2.99. The third-order valence-corrected chi connectivity index (χ3v) is 4.99. The molecule has 0 saturated carbocycles. The molecule has 1 aromatic carbocycles. The normalized spacial score (nSPS) is 19.1. The summed E-state index contributed by atoms with van der Waals surface area (Å²) in [5, 5.41) is 4.10. The molecule has 1 fully saturated rings. The van der Waals surface area contributed by atoms with Crippen molar-refractivity contribution in [1.29, 1.82) is 0 Å². The first kappa shape index (κ1) is 16.8. The number of ketones is 1. The average molecular weight is 342 g/mol. The van der Waals surface area contributed by atoms with E-state index in [0.29, 0.717) is 13.1 Å². The number of nitrogens with zero attached hydrogens (tertiary/aromatic N) is 2. The SMILES string of the molecule is CSc1ccc(/C=C2\CN(c3cc(C)on3)CC(C)(C)C2=O)cc1. The number of piperidine rings is 1. The molecule has 0 amide bonds. The molecule has 2 heterocycles. The Labute approximate surface area is 146 Å². The van der Waals surface area contributed by atoms with Crippen molar-refractivity contribution in [1.82, 2.24) is 5.16 Å². The summed E-state index contributed by atoms with van der Waals surface area (Å²) in [5.74, 6) is 1.77. The van der Waals surface area contributed by atoms with Crippen LogP contribution in [0.2, 0.25) is 0 Å². The van der Waals surface area contributed by atoms with E-state index in [0.717, 1.165) is 22.7 Å². The molecule has 4 nitrogen and oxygen atoms in total. The third-order valence-electron chi connectivity index (χ3n) is 4.25. The van der Waals surface area contributed by atoms with E-state index in [4.69, 9.17) is 4.52 Å². The van der Waals surface area contributed by atoms with Crippen LogP contribution in [0.3, 0.4) is 0 Å². The van der Waals surface area contributed by atoms with Crippen LogP contribution in [0.4, 0.5) is 5.82 Å². The molecular formula is C19H22N2O2S. The fourth-order valence-electron chi connectivity index (χ4n) is 2.99. The summed E-state index contributed by atoms with van der Waals surface area (Å²) >= 11 is 1.71. The second-order valence-corrected chi connectivity index (χ2v) is 7.69. The Morgan fingerprint density at radius 2 is 2.00 bits per heavy atom. The van der Waals surface area contributed by atoms with Gasteiger partial charge in [-0.2, -0.15) is 0 Å². The van der Waals surface area contributed by atoms with E-state index in [1.165, 1.54) is 4.90 Å². The number of Topliss-reactive ketones (excluding diaryl/α,β-unsaturated/α-hetero) is 1. The van der Waals surface area contributed by atoms with Crippen molar-refractivity contribution in [3.05, 3.63) is 47.2 Å². The number of anilines is 1. The summed E-state index contributed by atoms with van der Waals surface area (Å²) in [6, 6.07) is 10.2. The standard InChI is InChI=1S/C19H22N2O2S/c1-13-9-17(20-23-13)21-11-15(18(22)19(2,3)12-21)10-14-5-7-16(24-4)8-6-14/h5-10H,11-12H2,1-4H3/b15-10+. The molecular weight excluding hydrogens is 320 g/mol. The summed E-state index contributed by atoms with van der Waals surface area (Å²) < 4.78 is 5.19. The molecule has 5 heteroatoms. The van der Waals surface area contributed by atoms with Gasteiger partial charge in [0, 0.05) is 35.0 Å². The lowest BCUT2D eigenvalue weighted by molar-refractivity contribution is -0.123. The maximum absolute atomic E-state index is 12.8. The maximum Gasteiger partial charge on any atom is 0.172 e. The number of thioether (sulfide) groups is 1. The van der Waals surface area contributed by atoms with Gasteiger partial charge in [-0.25, -0.2) is 0 Å². The fourth-order valence-corrected chi connectivity index (χ4v) is 3.40. The topological polar surface area (TPSA) is 46.3 Å². The summed E-state index contributed by atoms with van der Waals surface area (Å²) in [4.78, 5) is 16.1. The molecule has 0 spiro atoms. The Kier molecular flexibility index (Phi) is 4.54. The predicted octanol–water partition coefficient (Wildman–Crippen LogP) is 4.20. The van der Waals surface area contributed by atoms with Gasteiger partial charge in [-0.3, -0.25) is 4.79 Å². The Bertz CT molecular complexity index is 775. The van der Waals surface area contributed by atoms with Crippen molar-refractivity contribution < 1.29 is 9.32 Å². The second-order valence-electron chi connectivity index (χ2n) is 6.81. The highest BCUT2D eigenvalue weighted by Gasteiger charge is 2.38. The smallest absolute Gasteiger partial charge is 0.172 e. The lowest BCUT2D eigenvalue weighted by atomic mass is 9.79. The van der Waals surface area contributed by atoms with Crippen LogP contribution in [-0.2, 0) is 4.79 Å². The molecule has 126 valence electrons. The van der Waals surface area contributed by atoms with Gasteiger partial charge in [-0.1, -0.05) is 31.1 Å². The van der Waals surface area contributed by atoms with Crippen LogP contribution in [-0.4, -0.2) is 30.3 Å². The summed E-state index contributed by atoms with van der Waals surface area (Å²) in [6.45, 7) is 7.04. The number of carbonyl (C=O) groups is 1. The summed E-state index contributed by atoms with van der Waals surface area (Å²) in [7, 11) is 0. The highest BCUT2D eigenvalue weighted by molar-refractivity contribution is 7.98. The quantitative estimate of drug-likeness (QED) is 0.618. The minimum Gasteiger partial charge on any atom is -0.360 e. The maximum atomic E-state index is 12.8. The van der Waals surface area contributed by atoms with E-state index in [2.05, 4.69) is 40.6 Å². The Hall–Kier alpha value is -2.01. The molecule has 0 radical (unpaired) electrons. The zero-order chi connectivity index (χ0) is 17.3. The number of hydrogen-bond donors (Lipinski definition) is 0. The van der Waals surface area contributed by atoms with Gasteiger partial charge in [0.05, 0.1) is 0 Å². The highest BCUT2D eigenvalue weighted by Crippen LogP contribution is 2.32. The van der Waals surface area contributed by atoms with Crippen molar-refractivity contribution in [3.63, 3.8) is 0 Å². The molecule has 1 aromatic heterocycles. The van der Waals surface area contributed by atoms with Crippen LogP contribution in [0, 0.1) is 12.3 Å².